The van der Waals surface area contributed by atoms with Crippen molar-refractivity contribution in [3.8, 4) is 12.1 Å². The molecule has 0 fully saturated rings. The number of nitrogens with zero attached hydrogens (tertiary/aromatic N) is 4. The van der Waals surface area contributed by atoms with E-state index in [9.17, 15) is 30.8 Å². The summed E-state index contributed by atoms with van der Waals surface area (Å²) in [5, 5.41) is 40.2. The van der Waals surface area contributed by atoms with E-state index in [1.165, 1.54) is 48.5 Å². The predicted molar refractivity (Wildman–Crippen MR) is 91.9 cm³/mol. The first-order valence-electron chi connectivity index (χ1n) is 6.58. The molecule has 2 aromatic carbocycles. The number of nitriles is 2. The van der Waals surface area contributed by atoms with Crippen molar-refractivity contribution in [2.24, 2.45) is 0 Å². The molecule has 0 aliphatic carbocycles. The van der Waals surface area contributed by atoms with E-state index in [1.807, 2.05) is 12.1 Å². The maximum Gasteiger partial charge on any atom is 0.269 e. The first-order chi connectivity index (χ1) is 11.9. The molecular weight excluding hydrogens is 364 g/mol. The van der Waals surface area contributed by atoms with Gasteiger partial charge in [-0.15, -0.1) is 0 Å². The molecule has 10 heteroatoms. The molecule has 0 aliphatic heterocycles. The van der Waals surface area contributed by atoms with Crippen LogP contribution in [0, 0.1) is 42.9 Å². The van der Waals surface area contributed by atoms with E-state index in [0.29, 0.717) is 9.79 Å². The number of hydrogen-bond acceptors (Lipinski definition) is 8. The fraction of sp³-hybridized carbons (Fsp3) is 0.0667. The SMILES string of the molecule is N#CC(C#N)(Sc1ccc([N+](=O)[O-])cc1)Sc1ccc([N+](=O)[O-])cc1. The van der Waals surface area contributed by atoms with Gasteiger partial charge < -0.3 is 0 Å². The van der Waals surface area contributed by atoms with E-state index in [1.54, 1.807) is 0 Å². The maximum atomic E-state index is 10.7. The third-order valence-electron chi connectivity index (χ3n) is 2.91. The number of nitro benzene ring substituents is 2. The highest BCUT2D eigenvalue weighted by Gasteiger charge is 2.33. The highest BCUT2D eigenvalue weighted by molar-refractivity contribution is 8.19. The summed E-state index contributed by atoms with van der Waals surface area (Å²) in [7, 11) is 0. The van der Waals surface area contributed by atoms with E-state index in [-0.39, 0.29) is 11.4 Å². The van der Waals surface area contributed by atoms with Crippen LogP contribution < -0.4 is 0 Å². The van der Waals surface area contributed by atoms with Gasteiger partial charge in [0.1, 0.15) is 12.1 Å². The lowest BCUT2D eigenvalue weighted by Gasteiger charge is -2.17. The van der Waals surface area contributed by atoms with Crippen LogP contribution in [0.5, 0.6) is 0 Å². The zero-order valence-corrected chi connectivity index (χ0v) is 14.0. The van der Waals surface area contributed by atoms with E-state index in [2.05, 4.69) is 0 Å². The highest BCUT2D eigenvalue weighted by Crippen LogP contribution is 2.45. The van der Waals surface area contributed by atoms with Gasteiger partial charge in [-0.25, -0.2) is 0 Å². The van der Waals surface area contributed by atoms with Crippen molar-refractivity contribution in [1.82, 2.24) is 0 Å². The van der Waals surface area contributed by atoms with Crippen molar-refractivity contribution in [2.75, 3.05) is 0 Å². The average Bonchev–Trinajstić information content (AvgIpc) is 2.62. The summed E-state index contributed by atoms with van der Waals surface area (Å²) in [5.41, 5.74) is -0.182. The van der Waals surface area contributed by atoms with Crippen molar-refractivity contribution < 1.29 is 9.85 Å². The Labute approximate surface area is 150 Å². The average molecular weight is 372 g/mol. The fourth-order valence-corrected chi connectivity index (χ4v) is 3.88. The molecule has 0 aliphatic rings. The van der Waals surface area contributed by atoms with Crippen molar-refractivity contribution in [2.45, 2.75) is 13.9 Å². The van der Waals surface area contributed by atoms with Crippen LogP contribution in [0.3, 0.4) is 0 Å². The summed E-state index contributed by atoms with van der Waals surface area (Å²) in [6.07, 6.45) is 0. The van der Waals surface area contributed by atoms with Crippen molar-refractivity contribution in [3.63, 3.8) is 0 Å². The van der Waals surface area contributed by atoms with E-state index in [4.69, 9.17) is 0 Å². The standard InChI is InChI=1S/C15H8N4O4S2/c16-9-15(10-17,24-13-5-1-11(2-6-13)18(20)21)25-14-7-3-12(4-8-14)19(22)23/h1-8H. The van der Waals surface area contributed by atoms with E-state index in [0.717, 1.165) is 23.5 Å². The van der Waals surface area contributed by atoms with Gasteiger partial charge in [-0.3, -0.25) is 20.2 Å². The van der Waals surface area contributed by atoms with Crippen LogP contribution in [-0.2, 0) is 0 Å². The fourth-order valence-electron chi connectivity index (χ4n) is 1.74. The monoisotopic (exact) mass is 372 g/mol. The Balaban J connectivity index is 2.23. The van der Waals surface area contributed by atoms with Crippen LogP contribution in [0.2, 0.25) is 0 Å². The molecule has 25 heavy (non-hydrogen) atoms. The molecule has 8 nitrogen and oxygen atoms in total. The van der Waals surface area contributed by atoms with Crippen LogP contribution in [0.4, 0.5) is 11.4 Å². The lowest BCUT2D eigenvalue weighted by Crippen LogP contribution is -2.14. The Hall–Kier alpha value is -3.08. The normalized spacial score (nSPS) is 10.5. The minimum atomic E-state index is -1.54. The second-order valence-electron chi connectivity index (χ2n) is 4.55. The second-order valence-corrected chi connectivity index (χ2v) is 7.38. The van der Waals surface area contributed by atoms with Crippen molar-refractivity contribution in [1.29, 1.82) is 10.5 Å². The Morgan fingerprint density at radius 2 is 1.08 bits per heavy atom. The van der Waals surface area contributed by atoms with Gasteiger partial charge in [-0.1, -0.05) is 23.5 Å². The Bertz CT molecular complexity index is 810. The zero-order chi connectivity index (χ0) is 18.4. The highest BCUT2D eigenvalue weighted by atomic mass is 32.2. The second kappa shape index (κ2) is 7.66. The lowest BCUT2D eigenvalue weighted by molar-refractivity contribution is -0.385. The first-order valence-corrected chi connectivity index (χ1v) is 8.22. The summed E-state index contributed by atoms with van der Waals surface area (Å²) in [6.45, 7) is 0. The molecule has 0 heterocycles. The first kappa shape index (κ1) is 18.3. The molecule has 0 bridgehead atoms. The molecule has 124 valence electrons. The maximum absolute atomic E-state index is 10.7. The van der Waals surface area contributed by atoms with Crippen LogP contribution in [0.15, 0.2) is 58.3 Å². The number of rotatable bonds is 6. The zero-order valence-electron chi connectivity index (χ0n) is 12.4. The van der Waals surface area contributed by atoms with Gasteiger partial charge in [0.2, 0.25) is 4.08 Å². The molecule has 0 amide bonds. The van der Waals surface area contributed by atoms with E-state index < -0.39 is 13.9 Å². The third kappa shape index (κ3) is 4.47. The molecule has 0 saturated carbocycles. The lowest BCUT2D eigenvalue weighted by atomic mass is 10.3. The number of non-ortho nitro benzene ring substituents is 2. The van der Waals surface area contributed by atoms with Crippen LogP contribution in [-0.4, -0.2) is 13.9 Å². The molecule has 0 radical (unpaired) electrons. The number of nitro groups is 2. The molecule has 0 unspecified atom stereocenters. The molecule has 0 atom stereocenters. The summed E-state index contributed by atoms with van der Waals surface area (Å²) in [4.78, 5) is 21.3. The Kier molecular flexibility index (Phi) is 5.60. The summed E-state index contributed by atoms with van der Waals surface area (Å²) in [5.74, 6) is 0. The largest absolute Gasteiger partial charge is 0.269 e. The quantitative estimate of drug-likeness (QED) is 0.320. The van der Waals surface area contributed by atoms with Crippen LogP contribution >= 0.6 is 23.5 Å². The van der Waals surface area contributed by atoms with Gasteiger partial charge in [0.25, 0.3) is 11.4 Å². The summed E-state index contributed by atoms with van der Waals surface area (Å²) >= 11 is 1.89. The number of hydrogen-bond donors (Lipinski definition) is 0. The topological polar surface area (TPSA) is 134 Å². The van der Waals surface area contributed by atoms with Gasteiger partial charge in [0.15, 0.2) is 0 Å². The van der Waals surface area contributed by atoms with Gasteiger partial charge >= 0.3 is 0 Å². The predicted octanol–water partition coefficient (Wildman–Crippen LogP) is 4.13. The van der Waals surface area contributed by atoms with Crippen LogP contribution in [0.1, 0.15) is 0 Å². The molecule has 0 aromatic heterocycles. The number of thioether (sulfide) groups is 2. The summed E-state index contributed by atoms with van der Waals surface area (Å²) in [6, 6.07) is 14.9. The Morgan fingerprint density at radius 1 is 0.760 bits per heavy atom. The molecule has 0 spiro atoms. The molecule has 0 saturated heterocycles. The van der Waals surface area contributed by atoms with E-state index >= 15 is 0 Å². The summed E-state index contributed by atoms with van der Waals surface area (Å²) < 4.78 is -1.54. The van der Waals surface area contributed by atoms with Crippen molar-refractivity contribution >= 4 is 34.9 Å². The van der Waals surface area contributed by atoms with Gasteiger partial charge in [-0.2, -0.15) is 10.5 Å². The van der Waals surface area contributed by atoms with Gasteiger partial charge in [-0.05, 0) is 24.3 Å². The third-order valence-corrected chi connectivity index (χ3v) is 5.37. The molecule has 0 N–H and O–H groups in total. The van der Waals surface area contributed by atoms with Gasteiger partial charge in [0, 0.05) is 34.1 Å². The molecule has 2 aromatic rings. The number of benzene rings is 2. The minimum absolute atomic E-state index is 0.0908. The van der Waals surface area contributed by atoms with Crippen LogP contribution in [0.25, 0.3) is 0 Å². The Morgan fingerprint density at radius 3 is 1.32 bits per heavy atom. The molecule has 2 rings (SSSR count). The van der Waals surface area contributed by atoms with Crippen molar-refractivity contribution in [3.05, 3.63) is 68.8 Å². The molecular formula is C15H8N4O4S2. The van der Waals surface area contributed by atoms with Gasteiger partial charge in [0.05, 0.1) is 9.85 Å². The minimum Gasteiger partial charge on any atom is -0.258 e. The smallest absolute Gasteiger partial charge is 0.258 e.